The van der Waals surface area contributed by atoms with Gasteiger partial charge in [-0.2, -0.15) is 0 Å². The number of H-pyrrole nitrogens is 1. The molecule has 98 valence electrons. The molecule has 0 spiro atoms. The molecule has 0 aliphatic carbocycles. The molecule has 19 heavy (non-hydrogen) atoms. The molecule has 0 aliphatic rings. The Bertz CT molecular complexity index is 773. The van der Waals surface area contributed by atoms with Gasteiger partial charge in [0, 0.05) is 0 Å². The molecule has 0 fully saturated rings. The molecule has 3 aromatic rings. The standard InChI is InChI=1S/C12H12N4OSSe/c1-7(2)18-12-13-11(14-15-12)16-10(17)8-5-3-4-6-9(8)19-16/h3-7H,1-2H3,(H,13,14,15). The van der Waals surface area contributed by atoms with Crippen molar-refractivity contribution < 1.29 is 0 Å². The van der Waals surface area contributed by atoms with Gasteiger partial charge in [-0.05, 0) is 0 Å². The summed E-state index contributed by atoms with van der Waals surface area (Å²) in [6.07, 6.45) is 0. The number of hydrogen-bond donors (Lipinski definition) is 1. The summed E-state index contributed by atoms with van der Waals surface area (Å²) in [5, 5.41) is 8.88. The molecule has 1 aromatic carbocycles. The summed E-state index contributed by atoms with van der Waals surface area (Å²) in [6, 6.07) is 7.70. The number of aromatic amines is 1. The maximum atomic E-state index is 12.3. The van der Waals surface area contributed by atoms with E-state index in [-0.39, 0.29) is 20.3 Å². The SMILES string of the molecule is CC(C)Sc1n[nH]c(-n2[se]c3ccccc3c2=O)n1. The molecular weight excluding hydrogens is 327 g/mol. The first-order valence-electron chi connectivity index (χ1n) is 5.85. The summed E-state index contributed by atoms with van der Waals surface area (Å²) in [6.45, 7) is 4.17. The van der Waals surface area contributed by atoms with Gasteiger partial charge in [0.2, 0.25) is 0 Å². The second-order valence-corrected chi connectivity index (χ2v) is 7.91. The topological polar surface area (TPSA) is 63.6 Å². The van der Waals surface area contributed by atoms with Crippen molar-refractivity contribution in [2.45, 2.75) is 24.3 Å². The van der Waals surface area contributed by atoms with Crippen molar-refractivity contribution in [1.29, 1.82) is 0 Å². The predicted octanol–water partition coefficient (Wildman–Crippen LogP) is 1.67. The third kappa shape index (κ3) is 2.41. The van der Waals surface area contributed by atoms with E-state index >= 15 is 0 Å². The van der Waals surface area contributed by atoms with E-state index in [0.717, 1.165) is 9.65 Å². The molecule has 0 radical (unpaired) electrons. The van der Waals surface area contributed by atoms with Crippen molar-refractivity contribution >= 4 is 36.1 Å². The number of fused-ring (bicyclic) bond motifs is 1. The number of nitrogens with one attached hydrogen (secondary N) is 1. The zero-order valence-corrected chi connectivity index (χ0v) is 13.0. The molecular formula is C12H12N4OSSe. The van der Waals surface area contributed by atoms with Crippen LogP contribution < -0.4 is 5.56 Å². The molecule has 3 rings (SSSR count). The molecule has 0 unspecified atom stereocenters. The second-order valence-electron chi connectivity index (χ2n) is 4.30. The quantitative estimate of drug-likeness (QED) is 0.582. The van der Waals surface area contributed by atoms with Crippen LogP contribution >= 0.6 is 11.8 Å². The van der Waals surface area contributed by atoms with Crippen LogP contribution in [0.4, 0.5) is 0 Å². The van der Waals surface area contributed by atoms with E-state index in [0.29, 0.717) is 16.4 Å². The molecule has 0 saturated carbocycles. The van der Waals surface area contributed by atoms with Crippen molar-refractivity contribution in [3.8, 4) is 5.95 Å². The van der Waals surface area contributed by atoms with E-state index in [4.69, 9.17) is 0 Å². The van der Waals surface area contributed by atoms with Gasteiger partial charge in [0.15, 0.2) is 0 Å². The summed E-state index contributed by atoms with van der Waals surface area (Å²) in [4.78, 5) is 16.7. The summed E-state index contributed by atoms with van der Waals surface area (Å²) < 4.78 is 2.78. The van der Waals surface area contributed by atoms with Crippen LogP contribution in [0, 0.1) is 0 Å². The van der Waals surface area contributed by atoms with Gasteiger partial charge >= 0.3 is 120 Å². The number of aromatic nitrogens is 4. The van der Waals surface area contributed by atoms with Crippen LogP contribution in [-0.2, 0) is 0 Å². The van der Waals surface area contributed by atoms with E-state index in [2.05, 4.69) is 29.0 Å². The Labute approximate surface area is 120 Å². The molecule has 5 nitrogen and oxygen atoms in total. The number of nitrogens with zero attached hydrogens (tertiary/aromatic N) is 3. The van der Waals surface area contributed by atoms with Crippen molar-refractivity contribution in [1.82, 2.24) is 18.7 Å². The van der Waals surface area contributed by atoms with Crippen LogP contribution in [0.3, 0.4) is 0 Å². The van der Waals surface area contributed by atoms with Crippen LogP contribution in [0.1, 0.15) is 13.8 Å². The third-order valence-corrected chi connectivity index (χ3v) is 5.60. The maximum absolute atomic E-state index is 12.3. The average Bonchev–Trinajstić information content (AvgIpc) is 2.94. The first-order chi connectivity index (χ1) is 9.15. The van der Waals surface area contributed by atoms with Gasteiger partial charge < -0.3 is 0 Å². The van der Waals surface area contributed by atoms with Crippen LogP contribution in [0.2, 0.25) is 0 Å². The minimum atomic E-state index is -0.0625. The Kier molecular flexibility index (Phi) is 3.35. The van der Waals surface area contributed by atoms with E-state index in [1.807, 2.05) is 24.3 Å². The second kappa shape index (κ2) is 5.00. The Balaban J connectivity index is 2.07. The van der Waals surface area contributed by atoms with Crippen LogP contribution in [-0.4, -0.2) is 38.7 Å². The first kappa shape index (κ1) is 12.7. The summed E-state index contributed by atoms with van der Waals surface area (Å²) >= 11 is 1.52. The fraction of sp³-hybridized carbons (Fsp3) is 0.250. The summed E-state index contributed by atoms with van der Waals surface area (Å²) in [5.41, 5.74) is 0.00727. The number of thioether (sulfide) groups is 1. The molecule has 2 aromatic heterocycles. The Hall–Kier alpha value is -1.30. The zero-order valence-electron chi connectivity index (χ0n) is 10.5. The average molecular weight is 339 g/mol. The van der Waals surface area contributed by atoms with Gasteiger partial charge in [0.05, 0.1) is 0 Å². The van der Waals surface area contributed by atoms with E-state index in [1.165, 1.54) is 0 Å². The number of benzene rings is 1. The fourth-order valence-corrected chi connectivity index (χ4v) is 4.33. The van der Waals surface area contributed by atoms with Gasteiger partial charge in [-0.15, -0.1) is 0 Å². The minimum absolute atomic E-state index is 0.00727. The third-order valence-electron chi connectivity index (χ3n) is 2.48. The summed E-state index contributed by atoms with van der Waals surface area (Å²) in [5.74, 6) is 0.546. The van der Waals surface area contributed by atoms with Gasteiger partial charge in [-0.1, -0.05) is 0 Å². The predicted molar refractivity (Wildman–Crippen MR) is 77.4 cm³/mol. The van der Waals surface area contributed by atoms with E-state index in [9.17, 15) is 4.79 Å². The molecule has 0 amide bonds. The van der Waals surface area contributed by atoms with Gasteiger partial charge in [-0.3, -0.25) is 0 Å². The van der Waals surface area contributed by atoms with E-state index in [1.54, 1.807) is 15.3 Å². The number of rotatable bonds is 3. The molecule has 7 heteroatoms. The van der Waals surface area contributed by atoms with E-state index < -0.39 is 0 Å². The Morgan fingerprint density at radius 1 is 1.37 bits per heavy atom. The van der Waals surface area contributed by atoms with Crippen molar-refractivity contribution in [3.05, 3.63) is 34.6 Å². The van der Waals surface area contributed by atoms with Crippen molar-refractivity contribution in [3.63, 3.8) is 0 Å². The fourth-order valence-electron chi connectivity index (χ4n) is 1.70. The van der Waals surface area contributed by atoms with Crippen LogP contribution in [0.5, 0.6) is 0 Å². The van der Waals surface area contributed by atoms with Crippen molar-refractivity contribution in [2.75, 3.05) is 0 Å². The Morgan fingerprint density at radius 3 is 2.89 bits per heavy atom. The first-order valence-corrected chi connectivity index (χ1v) is 8.36. The molecule has 0 aliphatic heterocycles. The Morgan fingerprint density at radius 2 is 2.16 bits per heavy atom. The monoisotopic (exact) mass is 340 g/mol. The van der Waals surface area contributed by atoms with Crippen molar-refractivity contribution in [2.24, 2.45) is 0 Å². The molecule has 0 bridgehead atoms. The molecule has 0 atom stereocenters. The van der Waals surface area contributed by atoms with Gasteiger partial charge in [-0.25, -0.2) is 0 Å². The van der Waals surface area contributed by atoms with Gasteiger partial charge in [0.25, 0.3) is 0 Å². The molecule has 2 heterocycles. The van der Waals surface area contributed by atoms with Gasteiger partial charge in [0.1, 0.15) is 0 Å². The van der Waals surface area contributed by atoms with Crippen LogP contribution in [0.15, 0.2) is 34.2 Å². The summed E-state index contributed by atoms with van der Waals surface area (Å²) in [7, 11) is 0. The molecule has 1 N–H and O–H groups in total. The normalized spacial score (nSPS) is 11.5. The number of hydrogen-bond acceptors (Lipinski definition) is 4. The zero-order chi connectivity index (χ0) is 13.4. The van der Waals surface area contributed by atoms with Crippen LogP contribution in [0.25, 0.3) is 15.6 Å². The molecule has 0 saturated heterocycles.